The molecule has 2 heteroatoms. The minimum atomic E-state index is 0.375. The Kier molecular flexibility index (Phi) is 2.75. The second-order valence-electron chi connectivity index (χ2n) is 6.73. The van der Waals surface area contributed by atoms with Crippen LogP contribution < -0.4 is 5.32 Å². The van der Waals surface area contributed by atoms with E-state index in [1.165, 1.54) is 51.6 Å². The number of nitrogens with one attached hydrogen (secondary N) is 1. The lowest BCUT2D eigenvalue weighted by atomic mass is 9.93. The van der Waals surface area contributed by atoms with E-state index in [2.05, 4.69) is 24.1 Å². The van der Waals surface area contributed by atoms with Crippen molar-refractivity contribution < 1.29 is 0 Å². The van der Waals surface area contributed by atoms with Crippen LogP contribution in [0.5, 0.6) is 0 Å². The first-order valence-electron chi connectivity index (χ1n) is 7.17. The molecule has 0 bridgehead atoms. The number of hydrogen-bond donors (Lipinski definition) is 1. The first-order chi connectivity index (χ1) is 7.67. The highest BCUT2D eigenvalue weighted by atomic mass is 15.3. The summed E-state index contributed by atoms with van der Waals surface area (Å²) < 4.78 is 0. The molecule has 3 rings (SSSR count). The minimum absolute atomic E-state index is 0.375. The van der Waals surface area contributed by atoms with E-state index >= 15 is 0 Å². The highest BCUT2D eigenvalue weighted by molar-refractivity contribution is 5.01. The van der Waals surface area contributed by atoms with Crippen LogP contribution in [0.25, 0.3) is 0 Å². The molecule has 2 nitrogen and oxygen atoms in total. The van der Waals surface area contributed by atoms with Crippen molar-refractivity contribution in [2.24, 2.45) is 5.92 Å². The molecule has 0 aromatic rings. The molecule has 0 amide bonds. The second kappa shape index (κ2) is 3.99. The van der Waals surface area contributed by atoms with Gasteiger partial charge in [0.05, 0.1) is 0 Å². The third-order valence-electron chi connectivity index (χ3n) is 4.92. The normalized spacial score (nSPS) is 36.8. The average Bonchev–Trinajstić information content (AvgIpc) is 2.94. The van der Waals surface area contributed by atoms with Crippen molar-refractivity contribution in [3.05, 3.63) is 0 Å². The van der Waals surface area contributed by atoms with E-state index < -0.39 is 0 Å². The standard InChI is InChI=1S/C14H26N2/c1-14(2)10-15-13(11-7-8-11)9-16(14)12-5-3-4-6-12/h11-13,15H,3-10H2,1-2H3. The van der Waals surface area contributed by atoms with Crippen LogP contribution in [0.1, 0.15) is 52.4 Å². The van der Waals surface area contributed by atoms with Gasteiger partial charge < -0.3 is 5.32 Å². The molecule has 1 unspecified atom stereocenters. The molecule has 0 aromatic carbocycles. The molecule has 3 aliphatic rings. The molecule has 16 heavy (non-hydrogen) atoms. The molecule has 0 spiro atoms. The summed E-state index contributed by atoms with van der Waals surface area (Å²) in [4.78, 5) is 2.83. The van der Waals surface area contributed by atoms with E-state index in [1.807, 2.05) is 0 Å². The van der Waals surface area contributed by atoms with Crippen molar-refractivity contribution in [1.29, 1.82) is 0 Å². The third-order valence-corrected chi connectivity index (χ3v) is 4.92. The second-order valence-corrected chi connectivity index (χ2v) is 6.73. The number of hydrogen-bond acceptors (Lipinski definition) is 2. The lowest BCUT2D eigenvalue weighted by Crippen LogP contribution is -2.64. The number of nitrogens with zero attached hydrogens (tertiary/aromatic N) is 1. The molecule has 2 aliphatic carbocycles. The summed E-state index contributed by atoms with van der Waals surface area (Å²) >= 11 is 0. The van der Waals surface area contributed by atoms with Gasteiger partial charge in [0.15, 0.2) is 0 Å². The Morgan fingerprint density at radius 2 is 1.75 bits per heavy atom. The van der Waals surface area contributed by atoms with Crippen molar-refractivity contribution in [2.75, 3.05) is 13.1 Å². The van der Waals surface area contributed by atoms with Crippen LogP contribution in [0.4, 0.5) is 0 Å². The first kappa shape index (κ1) is 11.0. The van der Waals surface area contributed by atoms with Crippen LogP contribution in [-0.4, -0.2) is 35.6 Å². The maximum atomic E-state index is 3.78. The molecule has 3 fully saturated rings. The highest BCUT2D eigenvalue weighted by Crippen LogP contribution is 2.38. The fourth-order valence-corrected chi connectivity index (χ4v) is 3.68. The molecular formula is C14H26N2. The SMILES string of the molecule is CC1(C)CNC(C2CC2)CN1C1CCCC1. The van der Waals surface area contributed by atoms with Crippen molar-refractivity contribution in [2.45, 2.75) is 70.0 Å². The lowest BCUT2D eigenvalue weighted by Gasteiger charge is -2.49. The molecule has 1 N–H and O–H groups in total. The van der Waals surface area contributed by atoms with E-state index in [1.54, 1.807) is 0 Å². The van der Waals surface area contributed by atoms with Crippen molar-refractivity contribution in [3.63, 3.8) is 0 Å². The smallest absolute Gasteiger partial charge is 0.0281 e. The summed E-state index contributed by atoms with van der Waals surface area (Å²) in [6.45, 7) is 7.33. The molecular weight excluding hydrogens is 196 g/mol. The van der Waals surface area contributed by atoms with Crippen molar-refractivity contribution in [3.8, 4) is 0 Å². The van der Waals surface area contributed by atoms with Crippen molar-refractivity contribution in [1.82, 2.24) is 10.2 Å². The Morgan fingerprint density at radius 1 is 1.06 bits per heavy atom. The Bertz CT molecular complexity index is 251. The predicted molar refractivity (Wildman–Crippen MR) is 67.6 cm³/mol. The molecule has 1 saturated heterocycles. The first-order valence-corrected chi connectivity index (χ1v) is 7.17. The lowest BCUT2D eigenvalue weighted by molar-refractivity contribution is 0.0228. The van der Waals surface area contributed by atoms with Crippen molar-refractivity contribution >= 4 is 0 Å². The highest BCUT2D eigenvalue weighted by Gasteiger charge is 2.43. The summed E-state index contributed by atoms with van der Waals surface area (Å²) in [6.07, 6.45) is 8.74. The van der Waals surface area contributed by atoms with Gasteiger partial charge in [-0.25, -0.2) is 0 Å². The van der Waals surface area contributed by atoms with Crippen LogP contribution in [0.3, 0.4) is 0 Å². The van der Waals surface area contributed by atoms with Gasteiger partial charge in [-0.15, -0.1) is 0 Å². The third kappa shape index (κ3) is 2.02. The molecule has 0 aromatic heterocycles. The van der Waals surface area contributed by atoms with Crippen LogP contribution in [-0.2, 0) is 0 Å². The van der Waals surface area contributed by atoms with Gasteiger partial charge in [-0.05, 0) is 45.4 Å². The quantitative estimate of drug-likeness (QED) is 0.772. The van der Waals surface area contributed by atoms with Gasteiger partial charge in [-0.2, -0.15) is 0 Å². The molecule has 92 valence electrons. The zero-order chi connectivity index (χ0) is 11.2. The Morgan fingerprint density at radius 3 is 2.38 bits per heavy atom. The Hall–Kier alpha value is -0.0800. The van der Waals surface area contributed by atoms with Crippen LogP contribution >= 0.6 is 0 Å². The summed E-state index contributed by atoms with van der Waals surface area (Å²) in [5.74, 6) is 1.00. The largest absolute Gasteiger partial charge is 0.311 e. The molecule has 1 aliphatic heterocycles. The zero-order valence-corrected chi connectivity index (χ0v) is 10.8. The summed E-state index contributed by atoms with van der Waals surface area (Å²) in [6, 6.07) is 1.69. The van der Waals surface area contributed by atoms with Gasteiger partial charge in [0.2, 0.25) is 0 Å². The van der Waals surface area contributed by atoms with Crippen LogP contribution in [0.2, 0.25) is 0 Å². The van der Waals surface area contributed by atoms with Gasteiger partial charge in [-0.3, -0.25) is 4.90 Å². The topological polar surface area (TPSA) is 15.3 Å². The summed E-state index contributed by atoms with van der Waals surface area (Å²) in [7, 11) is 0. The monoisotopic (exact) mass is 222 g/mol. The maximum absolute atomic E-state index is 3.78. The molecule has 0 radical (unpaired) electrons. The summed E-state index contributed by atoms with van der Waals surface area (Å²) in [5, 5.41) is 3.78. The molecule has 1 atom stereocenters. The fraction of sp³-hybridized carbons (Fsp3) is 1.00. The Balaban J connectivity index is 1.70. The molecule has 2 saturated carbocycles. The van der Waals surface area contributed by atoms with E-state index in [-0.39, 0.29) is 0 Å². The van der Waals surface area contributed by atoms with Gasteiger partial charge in [-0.1, -0.05) is 12.8 Å². The van der Waals surface area contributed by atoms with Gasteiger partial charge in [0, 0.05) is 30.7 Å². The van der Waals surface area contributed by atoms with Gasteiger partial charge in [0.1, 0.15) is 0 Å². The van der Waals surface area contributed by atoms with Crippen LogP contribution in [0, 0.1) is 5.92 Å². The van der Waals surface area contributed by atoms with E-state index in [0.29, 0.717) is 5.54 Å². The van der Waals surface area contributed by atoms with E-state index in [4.69, 9.17) is 0 Å². The average molecular weight is 222 g/mol. The minimum Gasteiger partial charge on any atom is -0.311 e. The zero-order valence-electron chi connectivity index (χ0n) is 10.8. The summed E-state index contributed by atoms with van der Waals surface area (Å²) in [5.41, 5.74) is 0.375. The van der Waals surface area contributed by atoms with E-state index in [9.17, 15) is 0 Å². The fourth-order valence-electron chi connectivity index (χ4n) is 3.68. The number of piperazine rings is 1. The maximum Gasteiger partial charge on any atom is 0.0281 e. The van der Waals surface area contributed by atoms with Gasteiger partial charge >= 0.3 is 0 Å². The molecule has 1 heterocycles. The predicted octanol–water partition coefficient (Wildman–Crippen LogP) is 2.39. The van der Waals surface area contributed by atoms with E-state index in [0.717, 1.165) is 18.0 Å². The Labute approximate surface area is 99.8 Å². The van der Waals surface area contributed by atoms with Crippen LogP contribution in [0.15, 0.2) is 0 Å². The number of rotatable bonds is 2. The van der Waals surface area contributed by atoms with Gasteiger partial charge in [0.25, 0.3) is 0 Å².